The first-order valence-electron chi connectivity index (χ1n) is 5.95. The Morgan fingerprint density at radius 1 is 0.393 bits per heavy atom. The fraction of sp³-hybridized carbons (Fsp3) is 0.900. The lowest BCUT2D eigenvalue weighted by Gasteiger charge is -2.36. The Morgan fingerprint density at radius 3 is 0.964 bits per heavy atom. The predicted octanol–water partition coefficient (Wildman–Crippen LogP) is 6.52. The first kappa shape index (κ1) is 26.7. The smallest absolute Gasteiger partial charge is 0.200 e. The Kier molecular flexibility index (Phi) is 6.33. The van der Waals surface area contributed by atoms with Gasteiger partial charge in [-0.25, -0.2) is 0 Å². The van der Waals surface area contributed by atoms with E-state index in [0.717, 1.165) is 0 Å². The van der Waals surface area contributed by atoms with E-state index in [1.165, 1.54) is 0 Å². The van der Waals surface area contributed by atoms with Crippen molar-refractivity contribution < 1.29 is 79.0 Å². The van der Waals surface area contributed by atoms with Crippen molar-refractivity contribution in [3.8, 4) is 0 Å². The van der Waals surface area contributed by atoms with Crippen molar-refractivity contribution in [3.05, 3.63) is 6.42 Å². The summed E-state index contributed by atoms with van der Waals surface area (Å²) in [5.41, 5.74) is 0. The van der Waals surface area contributed by atoms with Crippen molar-refractivity contribution in [1.82, 2.24) is 0 Å². The van der Waals surface area contributed by atoms with E-state index in [4.69, 9.17) is 0 Å². The van der Waals surface area contributed by atoms with Crippen molar-refractivity contribution in [3.63, 3.8) is 0 Å². The average molecular weight is 465 g/mol. The summed E-state index contributed by atoms with van der Waals surface area (Å²) in [6.45, 7) is 0. The molecule has 0 bridgehead atoms. The number of alkyl halides is 18. The van der Waals surface area contributed by atoms with Crippen LogP contribution in [0, 0.1) is 6.42 Å². The van der Waals surface area contributed by atoms with Gasteiger partial charge < -0.3 is 0 Å². The standard InChI is InChI=1S/C10H3F18/c11-3(12,5(15,16)7(19,20)9(23,24)25)1-2-4(13,14)6(17,18)8(21,22)10(26,27)28/h1H,2H2. The highest BCUT2D eigenvalue weighted by Crippen LogP contribution is 2.57. The van der Waals surface area contributed by atoms with Crippen LogP contribution in [0.15, 0.2) is 0 Å². The highest BCUT2D eigenvalue weighted by molar-refractivity contribution is 5.10. The van der Waals surface area contributed by atoms with E-state index in [9.17, 15) is 79.0 Å². The summed E-state index contributed by atoms with van der Waals surface area (Å²) < 4.78 is 223. The molecule has 0 aliphatic heterocycles. The maximum atomic E-state index is 12.9. The molecule has 169 valence electrons. The molecule has 0 atom stereocenters. The molecule has 0 amide bonds. The van der Waals surface area contributed by atoms with Crippen LogP contribution in [-0.2, 0) is 0 Å². The lowest BCUT2D eigenvalue weighted by molar-refractivity contribution is -0.400. The van der Waals surface area contributed by atoms with Crippen LogP contribution in [0.2, 0.25) is 0 Å². The normalized spacial score (nSPS) is 16.5. The van der Waals surface area contributed by atoms with Gasteiger partial charge in [0.2, 0.25) is 0 Å². The van der Waals surface area contributed by atoms with E-state index >= 15 is 0 Å². The topological polar surface area (TPSA) is 0 Å². The van der Waals surface area contributed by atoms with Crippen LogP contribution in [0.3, 0.4) is 0 Å². The summed E-state index contributed by atoms with van der Waals surface area (Å²) in [5.74, 6) is -44.4. The second kappa shape index (κ2) is 6.63. The first-order valence-corrected chi connectivity index (χ1v) is 5.95. The Labute approximate surface area is 141 Å². The van der Waals surface area contributed by atoms with Gasteiger partial charge in [0.25, 0.3) is 0 Å². The minimum atomic E-state index is -7.63. The van der Waals surface area contributed by atoms with Crippen molar-refractivity contribution in [2.24, 2.45) is 0 Å². The summed E-state index contributed by atoms with van der Waals surface area (Å²) in [6, 6.07) is 0. The minimum absolute atomic E-state index is 2.34. The Morgan fingerprint density at radius 2 is 0.679 bits per heavy atom. The summed E-state index contributed by atoms with van der Waals surface area (Å²) in [4.78, 5) is 0. The van der Waals surface area contributed by atoms with Crippen molar-refractivity contribution in [2.45, 2.75) is 54.3 Å². The van der Waals surface area contributed by atoms with Gasteiger partial charge in [-0.15, -0.1) is 0 Å². The van der Waals surface area contributed by atoms with Gasteiger partial charge in [0.1, 0.15) is 0 Å². The SMILES string of the molecule is FC(F)(F)C(F)(F)C(F)(F)C(F)(F)[CH]CC(F)(F)C(F)(F)C(F)(F)C(F)(F)F. The van der Waals surface area contributed by atoms with Crippen molar-refractivity contribution in [1.29, 1.82) is 0 Å². The third-order valence-electron chi connectivity index (χ3n) is 2.99. The van der Waals surface area contributed by atoms with Gasteiger partial charge in [0.15, 0.2) is 0 Å². The molecule has 0 aliphatic rings. The molecule has 0 nitrogen and oxygen atoms in total. The van der Waals surface area contributed by atoms with Crippen LogP contribution in [0.5, 0.6) is 0 Å². The van der Waals surface area contributed by atoms with Gasteiger partial charge in [0.05, 0.1) is 0 Å². The summed E-state index contributed by atoms with van der Waals surface area (Å²) in [7, 11) is 0. The molecule has 0 fully saturated rings. The summed E-state index contributed by atoms with van der Waals surface area (Å²) in [5, 5.41) is 0. The molecule has 0 unspecified atom stereocenters. The zero-order valence-corrected chi connectivity index (χ0v) is 12.1. The molecule has 0 saturated heterocycles. The van der Waals surface area contributed by atoms with Crippen LogP contribution in [0.25, 0.3) is 0 Å². The van der Waals surface area contributed by atoms with Gasteiger partial charge in [-0.2, -0.15) is 79.0 Å². The predicted molar refractivity (Wildman–Crippen MR) is 50.7 cm³/mol. The minimum Gasteiger partial charge on any atom is -0.200 e. The summed E-state index contributed by atoms with van der Waals surface area (Å²) in [6.07, 6.45) is -21.0. The molecule has 0 aromatic heterocycles. The van der Waals surface area contributed by atoms with Gasteiger partial charge in [-0.3, -0.25) is 0 Å². The average Bonchev–Trinajstić information content (AvgIpc) is 2.42. The molecule has 28 heavy (non-hydrogen) atoms. The molecule has 18 heteroatoms. The van der Waals surface area contributed by atoms with Crippen LogP contribution in [0.1, 0.15) is 6.42 Å². The summed E-state index contributed by atoms with van der Waals surface area (Å²) >= 11 is 0. The van der Waals surface area contributed by atoms with Crippen LogP contribution < -0.4 is 0 Å². The Hall–Kier alpha value is -1.26. The fourth-order valence-electron chi connectivity index (χ4n) is 1.31. The van der Waals surface area contributed by atoms with E-state index < -0.39 is 60.7 Å². The molecule has 0 aromatic carbocycles. The highest BCUT2D eigenvalue weighted by atomic mass is 19.4. The van der Waals surface area contributed by atoms with E-state index in [0.29, 0.717) is 0 Å². The van der Waals surface area contributed by atoms with E-state index in [-0.39, 0.29) is 0 Å². The van der Waals surface area contributed by atoms with E-state index in [1.54, 1.807) is 0 Å². The van der Waals surface area contributed by atoms with Gasteiger partial charge in [-0.05, 0) is 0 Å². The maximum Gasteiger partial charge on any atom is 0.460 e. The molecule has 0 heterocycles. The maximum absolute atomic E-state index is 12.9. The number of halogens is 18. The molecular weight excluding hydrogens is 462 g/mol. The second-order valence-corrected chi connectivity index (χ2v) is 5.03. The van der Waals surface area contributed by atoms with Gasteiger partial charge in [0, 0.05) is 12.8 Å². The molecule has 0 saturated carbocycles. The fourth-order valence-corrected chi connectivity index (χ4v) is 1.31. The first-order chi connectivity index (χ1) is 11.7. The van der Waals surface area contributed by atoms with E-state index in [2.05, 4.69) is 0 Å². The Bertz CT molecular complexity index is 498. The second-order valence-electron chi connectivity index (χ2n) is 5.03. The highest BCUT2D eigenvalue weighted by Gasteiger charge is 2.84. The third kappa shape index (κ3) is 3.91. The zero-order valence-electron chi connectivity index (χ0n) is 12.1. The van der Waals surface area contributed by atoms with Crippen LogP contribution in [-0.4, -0.2) is 47.9 Å². The Balaban J connectivity index is 5.84. The van der Waals surface area contributed by atoms with Crippen LogP contribution in [0.4, 0.5) is 79.0 Å². The lowest BCUT2D eigenvalue weighted by Crippen LogP contribution is -2.63. The molecule has 0 N–H and O–H groups in total. The van der Waals surface area contributed by atoms with Crippen LogP contribution >= 0.6 is 0 Å². The molecule has 0 aliphatic carbocycles. The number of hydrogen-bond donors (Lipinski definition) is 0. The largest absolute Gasteiger partial charge is 0.460 e. The molecule has 0 rings (SSSR count). The van der Waals surface area contributed by atoms with Gasteiger partial charge in [-0.1, -0.05) is 0 Å². The molecule has 0 aromatic rings. The zero-order chi connectivity index (χ0) is 23.4. The molecule has 0 spiro atoms. The molecule has 1 radical (unpaired) electrons. The molecular formula is C10H3F18. The monoisotopic (exact) mass is 465 g/mol. The number of rotatable bonds is 7. The van der Waals surface area contributed by atoms with Crippen molar-refractivity contribution in [2.75, 3.05) is 0 Å². The van der Waals surface area contributed by atoms with E-state index in [1.807, 2.05) is 0 Å². The third-order valence-corrected chi connectivity index (χ3v) is 2.99. The number of hydrogen-bond acceptors (Lipinski definition) is 0. The van der Waals surface area contributed by atoms with Gasteiger partial charge >= 0.3 is 47.9 Å². The quantitative estimate of drug-likeness (QED) is 0.376. The lowest BCUT2D eigenvalue weighted by atomic mass is 9.94. The van der Waals surface area contributed by atoms with Crippen molar-refractivity contribution >= 4 is 0 Å².